The molecule has 0 bridgehead atoms. The molecule has 67 heavy (non-hydrogen) atoms. The number of esters is 1. The zero-order valence-electron chi connectivity index (χ0n) is 39.0. The molecule has 0 aromatic rings. The van der Waals surface area contributed by atoms with Gasteiger partial charge in [0, 0.05) is 0 Å². The molecule has 3 saturated heterocycles. The van der Waals surface area contributed by atoms with Gasteiger partial charge in [0.15, 0.2) is 18.7 Å². The lowest BCUT2D eigenvalue weighted by Gasteiger charge is -2.71. The van der Waals surface area contributed by atoms with Crippen LogP contribution >= 0.6 is 0 Å². The molecule has 11 N–H and O–H groups in total. The smallest absolute Gasteiger partial charge is 0.335 e. The Hall–Kier alpha value is -2.25. The molecule has 5 aliphatic carbocycles. The van der Waals surface area contributed by atoms with Gasteiger partial charge in [0.2, 0.25) is 6.29 Å². The minimum atomic E-state index is -2.04. The summed E-state index contributed by atoms with van der Waals surface area (Å²) >= 11 is 0. The largest absolute Gasteiger partial charge is 0.479 e. The van der Waals surface area contributed by atoms with Crippen LogP contribution in [0.25, 0.3) is 0 Å². The fourth-order valence-electron chi connectivity index (χ4n) is 14.7. The Morgan fingerprint density at radius 3 is 2.06 bits per heavy atom. The molecule has 0 amide bonds. The molecule has 7 fully saturated rings. The first-order chi connectivity index (χ1) is 31.2. The fourth-order valence-corrected chi connectivity index (χ4v) is 14.7. The molecular weight excluding hydrogens is 884 g/mol. The topological polar surface area (TPSA) is 329 Å². The highest BCUT2D eigenvalue weighted by atomic mass is 16.7. The standard InChI is InChI=1S/C47H72O20/c1-42(2)11-13-47(41(61)67-39-31(56)29(54)28(53)24(17-48)63-39)14-12-45(5)20(21(47)15-42)7-8-26-43(3)16-22(50)36(44(4,19-49)25(43)9-10-46(26,45)6)66-40-33(58)34(32(57)35(65-40)37(59)60)64-38-30(55)27(52)23(51)18-62-38/h7,19,21-36,38-40,48,50-58H,8-18H2,1-6H3,(H,59,60)/t21-,22-,23+,24+,25+,26+,27-,28+,29-,30+,31+,32-,33+,34-,35-,36-,38-,39-,40-,43-,44-,45+,46+,47-/m0/s1. The molecule has 4 saturated carbocycles. The Morgan fingerprint density at radius 1 is 0.731 bits per heavy atom. The molecular formula is C47H72O20. The minimum absolute atomic E-state index is 0.0934. The summed E-state index contributed by atoms with van der Waals surface area (Å²) in [4.78, 5) is 40.7. The van der Waals surface area contributed by atoms with Crippen LogP contribution in [0.3, 0.4) is 0 Å². The van der Waals surface area contributed by atoms with Crippen molar-refractivity contribution in [3.63, 3.8) is 0 Å². The molecule has 0 aromatic heterocycles. The van der Waals surface area contributed by atoms with Crippen molar-refractivity contribution >= 4 is 18.2 Å². The molecule has 8 rings (SSSR count). The van der Waals surface area contributed by atoms with Crippen LogP contribution in [0.1, 0.15) is 99.3 Å². The normalized spacial score (nSPS) is 54.0. The maximum absolute atomic E-state index is 14.7. The number of carboxylic acid groups (broad SMARTS) is 1. The van der Waals surface area contributed by atoms with Crippen molar-refractivity contribution in [3.8, 4) is 0 Å². The van der Waals surface area contributed by atoms with Gasteiger partial charge in [-0.3, -0.25) is 4.79 Å². The number of rotatable bonds is 9. The molecule has 8 aliphatic rings. The highest BCUT2D eigenvalue weighted by Gasteiger charge is 2.72. The summed E-state index contributed by atoms with van der Waals surface area (Å²) in [6.45, 7) is 11.5. The zero-order chi connectivity index (χ0) is 49.1. The van der Waals surface area contributed by atoms with Crippen molar-refractivity contribution in [1.82, 2.24) is 0 Å². The van der Waals surface area contributed by atoms with E-state index in [2.05, 4.69) is 40.7 Å². The van der Waals surface area contributed by atoms with Crippen LogP contribution < -0.4 is 0 Å². The van der Waals surface area contributed by atoms with Crippen molar-refractivity contribution in [2.24, 2.45) is 50.2 Å². The van der Waals surface area contributed by atoms with Crippen LogP contribution in [-0.2, 0) is 42.8 Å². The van der Waals surface area contributed by atoms with Gasteiger partial charge in [-0.05, 0) is 97.2 Å². The molecule has 0 unspecified atom stereocenters. The predicted molar refractivity (Wildman–Crippen MR) is 226 cm³/mol. The van der Waals surface area contributed by atoms with Crippen LogP contribution in [0.2, 0.25) is 0 Å². The lowest BCUT2D eigenvalue weighted by atomic mass is 9.33. The Balaban J connectivity index is 1.06. The molecule has 20 heteroatoms. The maximum Gasteiger partial charge on any atom is 0.335 e. The van der Waals surface area contributed by atoms with E-state index in [9.17, 15) is 70.6 Å². The lowest BCUT2D eigenvalue weighted by Crippen LogP contribution is -2.69. The van der Waals surface area contributed by atoms with E-state index in [1.165, 1.54) is 0 Å². The number of aliphatic hydroxyl groups excluding tert-OH is 10. The summed E-state index contributed by atoms with van der Waals surface area (Å²) < 4.78 is 34.5. The summed E-state index contributed by atoms with van der Waals surface area (Å²) in [5.74, 6) is -2.98. The van der Waals surface area contributed by atoms with Crippen LogP contribution in [0.5, 0.6) is 0 Å². The number of hydrogen-bond acceptors (Lipinski definition) is 19. The van der Waals surface area contributed by atoms with E-state index in [4.69, 9.17) is 28.4 Å². The Kier molecular flexibility index (Phi) is 13.6. The van der Waals surface area contributed by atoms with E-state index in [1.807, 2.05) is 0 Å². The molecule has 380 valence electrons. The van der Waals surface area contributed by atoms with Gasteiger partial charge >= 0.3 is 11.9 Å². The second-order valence-electron chi connectivity index (χ2n) is 22.9. The monoisotopic (exact) mass is 956 g/mol. The molecule has 3 aliphatic heterocycles. The fraction of sp³-hybridized carbons (Fsp3) is 0.894. The average Bonchev–Trinajstić information content (AvgIpc) is 3.26. The number of carbonyl (C=O) groups excluding carboxylic acids is 2. The summed E-state index contributed by atoms with van der Waals surface area (Å²) in [7, 11) is 0. The van der Waals surface area contributed by atoms with E-state index < -0.39 is 156 Å². The van der Waals surface area contributed by atoms with Gasteiger partial charge < -0.3 is 89.4 Å². The zero-order valence-corrected chi connectivity index (χ0v) is 39.0. The minimum Gasteiger partial charge on any atom is -0.479 e. The number of allylic oxidation sites excluding steroid dienone is 2. The number of aliphatic hydroxyl groups is 10. The molecule has 3 heterocycles. The third-order valence-electron chi connectivity index (χ3n) is 18.8. The van der Waals surface area contributed by atoms with Crippen molar-refractivity contribution in [2.45, 2.75) is 198 Å². The number of hydrogen-bond donors (Lipinski definition) is 11. The first-order valence-corrected chi connectivity index (χ1v) is 23.8. The van der Waals surface area contributed by atoms with Crippen LogP contribution in [0.4, 0.5) is 0 Å². The van der Waals surface area contributed by atoms with Crippen molar-refractivity contribution < 1.29 is 99.0 Å². The van der Waals surface area contributed by atoms with E-state index in [0.29, 0.717) is 44.9 Å². The Bertz CT molecular complexity index is 1910. The van der Waals surface area contributed by atoms with Gasteiger partial charge in [0.05, 0.1) is 36.3 Å². The SMILES string of the molecule is CC1(C)CC[C@]2(C(=O)O[C@@H]3O[C@H](CO)[C@@H](O)[C@H](O)[C@H]3O)CC[C@]3(C)C(=CC[C@@H]4[C@@]5(C)C[C@H](O)[C@H](O[C@@H]6O[C@H](C(=O)O)[C@@H](O)[C@H](O[C@@H]7OC[C@@H](O)[C@H](O)[C@H]7O)[C@H]6O)[C@@](C)(C=O)[C@@H]5CC[C@]43C)[C@@H]2C1. The lowest BCUT2D eigenvalue weighted by molar-refractivity contribution is -0.360. The third kappa shape index (κ3) is 7.87. The summed E-state index contributed by atoms with van der Waals surface area (Å²) in [5, 5.41) is 117. The van der Waals surface area contributed by atoms with Crippen molar-refractivity contribution in [2.75, 3.05) is 13.2 Å². The first kappa shape index (κ1) is 51.1. The number of carbonyl (C=O) groups is 3. The number of aliphatic carboxylic acids is 1. The number of carboxylic acids is 1. The van der Waals surface area contributed by atoms with Gasteiger partial charge in [0.25, 0.3) is 0 Å². The molecule has 24 atom stereocenters. The highest BCUT2D eigenvalue weighted by molar-refractivity contribution is 5.79. The second kappa shape index (κ2) is 17.8. The highest BCUT2D eigenvalue weighted by Crippen LogP contribution is 2.76. The van der Waals surface area contributed by atoms with Crippen molar-refractivity contribution in [3.05, 3.63) is 11.6 Å². The van der Waals surface area contributed by atoms with Crippen LogP contribution in [0, 0.1) is 50.2 Å². The average molecular weight is 957 g/mol. The van der Waals surface area contributed by atoms with E-state index >= 15 is 0 Å². The molecule has 0 radical (unpaired) electrons. The Labute approximate surface area is 389 Å². The number of ether oxygens (including phenoxy) is 6. The van der Waals surface area contributed by atoms with Crippen molar-refractivity contribution in [1.29, 1.82) is 0 Å². The van der Waals surface area contributed by atoms with E-state index in [-0.39, 0.29) is 23.7 Å². The first-order valence-electron chi connectivity index (χ1n) is 23.8. The van der Waals surface area contributed by atoms with Gasteiger partial charge in [-0.2, -0.15) is 0 Å². The molecule has 0 aromatic carbocycles. The maximum atomic E-state index is 14.7. The van der Waals surface area contributed by atoms with Gasteiger partial charge in [0.1, 0.15) is 67.3 Å². The number of fused-ring (bicyclic) bond motifs is 7. The number of aldehydes is 1. The summed E-state index contributed by atoms with van der Waals surface area (Å²) in [6, 6.07) is 0. The van der Waals surface area contributed by atoms with Gasteiger partial charge in [-0.25, -0.2) is 4.79 Å². The second-order valence-corrected chi connectivity index (χ2v) is 22.9. The molecule has 0 spiro atoms. The van der Waals surface area contributed by atoms with Gasteiger partial charge in [-0.15, -0.1) is 0 Å². The summed E-state index contributed by atoms with van der Waals surface area (Å²) in [5.41, 5.74) is -3.00. The van der Waals surface area contributed by atoms with Crippen LogP contribution in [-0.4, -0.2) is 186 Å². The quantitative estimate of drug-likeness (QED) is 0.0573. The van der Waals surface area contributed by atoms with Gasteiger partial charge in [-0.1, -0.05) is 53.2 Å². The van der Waals surface area contributed by atoms with Crippen LogP contribution in [0.15, 0.2) is 11.6 Å². The Morgan fingerprint density at radius 2 is 1.40 bits per heavy atom. The van der Waals surface area contributed by atoms with E-state index in [1.54, 1.807) is 6.92 Å². The third-order valence-corrected chi connectivity index (χ3v) is 18.8. The summed E-state index contributed by atoms with van der Waals surface area (Å²) in [6.07, 6.45) is -19.3. The predicted octanol–water partition coefficient (Wildman–Crippen LogP) is -0.978. The van der Waals surface area contributed by atoms with E-state index in [0.717, 1.165) is 18.3 Å². The molecule has 20 nitrogen and oxygen atoms in total.